The van der Waals surface area contributed by atoms with Crippen molar-refractivity contribution in [2.24, 2.45) is 0 Å². The number of H-pyrrole nitrogens is 1. The van der Waals surface area contributed by atoms with Gasteiger partial charge in [0.25, 0.3) is 5.56 Å². The van der Waals surface area contributed by atoms with Crippen molar-refractivity contribution in [3.63, 3.8) is 0 Å². The summed E-state index contributed by atoms with van der Waals surface area (Å²) in [6, 6.07) is 1.41. The SMILES string of the molecule is C=CCN(CC=C)CCCC(=O)Cc1nc(C)cc(=O)[nH]1. The van der Waals surface area contributed by atoms with Gasteiger partial charge in [0, 0.05) is 31.3 Å². The molecule has 0 aliphatic carbocycles. The number of hydrogen-bond acceptors (Lipinski definition) is 4. The zero-order valence-electron chi connectivity index (χ0n) is 12.6. The number of aromatic amines is 1. The number of carbonyl (C=O) groups excluding carboxylic acids is 1. The molecule has 5 nitrogen and oxygen atoms in total. The molecular formula is C16H23N3O2. The number of ketones is 1. The standard InChI is InChI=1S/C16H23N3O2/c1-4-8-19(9-5-2)10-6-7-14(20)12-15-17-13(3)11-16(21)18-15/h4-5,11H,1-2,6-10,12H2,3H3,(H,17,18,21). The van der Waals surface area contributed by atoms with Crippen LogP contribution >= 0.6 is 0 Å². The normalized spacial score (nSPS) is 10.6. The monoisotopic (exact) mass is 289 g/mol. The van der Waals surface area contributed by atoms with E-state index in [1.54, 1.807) is 6.92 Å². The molecule has 0 aliphatic heterocycles. The molecule has 0 aliphatic rings. The van der Waals surface area contributed by atoms with E-state index in [2.05, 4.69) is 28.0 Å². The van der Waals surface area contributed by atoms with E-state index in [0.717, 1.165) is 26.1 Å². The van der Waals surface area contributed by atoms with E-state index in [0.29, 0.717) is 17.9 Å². The van der Waals surface area contributed by atoms with Gasteiger partial charge in [-0.2, -0.15) is 0 Å². The fourth-order valence-corrected chi connectivity index (χ4v) is 2.12. The summed E-state index contributed by atoms with van der Waals surface area (Å²) in [5.74, 6) is 0.528. The molecule has 114 valence electrons. The minimum Gasteiger partial charge on any atom is -0.310 e. The summed E-state index contributed by atoms with van der Waals surface area (Å²) < 4.78 is 0. The Bertz CT molecular complexity index is 539. The maximum Gasteiger partial charge on any atom is 0.251 e. The van der Waals surface area contributed by atoms with E-state index < -0.39 is 0 Å². The van der Waals surface area contributed by atoms with Gasteiger partial charge >= 0.3 is 0 Å². The predicted molar refractivity (Wildman–Crippen MR) is 84.4 cm³/mol. The number of nitrogens with one attached hydrogen (secondary N) is 1. The first-order valence-corrected chi connectivity index (χ1v) is 7.08. The maximum atomic E-state index is 11.9. The summed E-state index contributed by atoms with van der Waals surface area (Å²) in [7, 11) is 0. The lowest BCUT2D eigenvalue weighted by molar-refractivity contribution is -0.118. The van der Waals surface area contributed by atoms with Crippen molar-refractivity contribution in [3.05, 3.63) is 53.2 Å². The van der Waals surface area contributed by atoms with Crippen molar-refractivity contribution in [1.29, 1.82) is 0 Å². The molecule has 0 fully saturated rings. The Morgan fingerprint density at radius 1 is 1.38 bits per heavy atom. The highest BCUT2D eigenvalue weighted by Gasteiger charge is 2.08. The molecule has 0 atom stereocenters. The molecule has 0 bridgehead atoms. The minimum absolute atomic E-state index is 0.0842. The first-order valence-electron chi connectivity index (χ1n) is 7.08. The van der Waals surface area contributed by atoms with Gasteiger partial charge < -0.3 is 4.98 Å². The van der Waals surface area contributed by atoms with Gasteiger partial charge in [-0.3, -0.25) is 14.5 Å². The fraction of sp³-hybridized carbons (Fsp3) is 0.438. The highest BCUT2D eigenvalue weighted by molar-refractivity contribution is 5.80. The van der Waals surface area contributed by atoms with E-state index in [9.17, 15) is 9.59 Å². The van der Waals surface area contributed by atoms with Gasteiger partial charge in [-0.25, -0.2) is 4.98 Å². The second-order valence-corrected chi connectivity index (χ2v) is 4.99. The summed E-state index contributed by atoms with van der Waals surface area (Å²) in [5, 5.41) is 0. The number of aryl methyl sites for hydroxylation is 1. The Hall–Kier alpha value is -2.01. The second-order valence-electron chi connectivity index (χ2n) is 4.99. The van der Waals surface area contributed by atoms with Crippen LogP contribution in [0.4, 0.5) is 0 Å². The molecule has 0 unspecified atom stereocenters. The first-order chi connectivity index (χ1) is 10.0. The van der Waals surface area contributed by atoms with Gasteiger partial charge in [0.1, 0.15) is 11.6 Å². The fourth-order valence-electron chi connectivity index (χ4n) is 2.12. The predicted octanol–water partition coefficient (Wildman–Crippen LogP) is 1.64. The minimum atomic E-state index is -0.214. The topological polar surface area (TPSA) is 66.1 Å². The van der Waals surface area contributed by atoms with Crippen LogP contribution in [0, 0.1) is 6.92 Å². The van der Waals surface area contributed by atoms with Crippen LogP contribution in [0.3, 0.4) is 0 Å². The van der Waals surface area contributed by atoms with Gasteiger partial charge in [0.05, 0.1) is 6.42 Å². The molecule has 5 heteroatoms. The Balaban J connectivity index is 2.41. The summed E-state index contributed by atoms with van der Waals surface area (Å²) in [4.78, 5) is 32.1. The third-order valence-electron chi connectivity index (χ3n) is 2.99. The van der Waals surface area contributed by atoms with Crippen LogP contribution in [0.15, 0.2) is 36.2 Å². The smallest absolute Gasteiger partial charge is 0.251 e. The number of nitrogens with zero attached hydrogens (tertiary/aromatic N) is 2. The quantitative estimate of drug-likeness (QED) is 0.665. The van der Waals surface area contributed by atoms with Crippen molar-refractivity contribution in [2.75, 3.05) is 19.6 Å². The zero-order chi connectivity index (χ0) is 15.7. The van der Waals surface area contributed by atoms with Crippen molar-refractivity contribution in [3.8, 4) is 0 Å². The van der Waals surface area contributed by atoms with Crippen LogP contribution < -0.4 is 5.56 Å². The third kappa shape index (κ3) is 6.81. The molecule has 1 aromatic rings. The molecular weight excluding hydrogens is 266 g/mol. The molecule has 1 N–H and O–H groups in total. The molecule has 0 saturated carbocycles. The van der Waals surface area contributed by atoms with E-state index in [1.807, 2.05) is 12.2 Å². The van der Waals surface area contributed by atoms with E-state index >= 15 is 0 Å². The number of hydrogen-bond donors (Lipinski definition) is 1. The van der Waals surface area contributed by atoms with Crippen LogP contribution in [-0.4, -0.2) is 40.3 Å². The molecule has 0 radical (unpaired) electrons. The van der Waals surface area contributed by atoms with E-state index in [-0.39, 0.29) is 17.8 Å². The number of Topliss-reactive ketones (excluding diaryl/α,β-unsaturated/α-hetero) is 1. The van der Waals surface area contributed by atoms with Crippen molar-refractivity contribution in [2.45, 2.75) is 26.2 Å². The Morgan fingerprint density at radius 3 is 2.62 bits per heavy atom. The van der Waals surface area contributed by atoms with Gasteiger partial charge in [0.2, 0.25) is 0 Å². The first kappa shape index (κ1) is 17.0. The van der Waals surface area contributed by atoms with Crippen molar-refractivity contribution in [1.82, 2.24) is 14.9 Å². The van der Waals surface area contributed by atoms with E-state index in [4.69, 9.17) is 0 Å². The van der Waals surface area contributed by atoms with Crippen LogP contribution in [0.25, 0.3) is 0 Å². The highest BCUT2D eigenvalue weighted by Crippen LogP contribution is 2.01. The number of carbonyl (C=O) groups is 1. The zero-order valence-corrected chi connectivity index (χ0v) is 12.6. The summed E-state index contributed by atoms with van der Waals surface area (Å²) >= 11 is 0. The largest absolute Gasteiger partial charge is 0.310 e. The lowest BCUT2D eigenvalue weighted by Gasteiger charge is -2.18. The molecule has 0 spiro atoms. The lowest BCUT2D eigenvalue weighted by atomic mass is 10.1. The maximum absolute atomic E-state index is 11.9. The third-order valence-corrected chi connectivity index (χ3v) is 2.99. The molecule has 1 heterocycles. The van der Waals surface area contributed by atoms with Gasteiger partial charge in [-0.1, -0.05) is 12.2 Å². The lowest BCUT2D eigenvalue weighted by Crippen LogP contribution is -2.25. The van der Waals surface area contributed by atoms with Gasteiger partial charge in [-0.15, -0.1) is 13.2 Å². The number of aromatic nitrogens is 2. The van der Waals surface area contributed by atoms with Gasteiger partial charge in [-0.05, 0) is 19.9 Å². The second kappa shape index (κ2) is 9.02. The molecule has 0 aromatic carbocycles. The Kier molecular flexibility index (Phi) is 7.32. The molecule has 21 heavy (non-hydrogen) atoms. The summed E-state index contributed by atoms with van der Waals surface area (Å²) in [6.07, 6.45) is 5.11. The Labute approximate surface area is 125 Å². The average molecular weight is 289 g/mol. The highest BCUT2D eigenvalue weighted by atomic mass is 16.1. The van der Waals surface area contributed by atoms with Crippen LogP contribution in [0.1, 0.15) is 24.4 Å². The molecule has 0 amide bonds. The average Bonchev–Trinajstić information content (AvgIpc) is 2.37. The summed E-state index contributed by atoms with van der Waals surface area (Å²) in [6.45, 7) is 11.6. The summed E-state index contributed by atoms with van der Waals surface area (Å²) in [5.41, 5.74) is 0.415. The van der Waals surface area contributed by atoms with Crippen molar-refractivity contribution < 1.29 is 4.79 Å². The van der Waals surface area contributed by atoms with Crippen LogP contribution in [-0.2, 0) is 11.2 Å². The van der Waals surface area contributed by atoms with Crippen LogP contribution in [0.5, 0.6) is 0 Å². The molecule has 1 rings (SSSR count). The van der Waals surface area contributed by atoms with Gasteiger partial charge in [0.15, 0.2) is 0 Å². The van der Waals surface area contributed by atoms with Crippen molar-refractivity contribution >= 4 is 5.78 Å². The van der Waals surface area contributed by atoms with E-state index in [1.165, 1.54) is 6.07 Å². The van der Waals surface area contributed by atoms with Crippen LogP contribution in [0.2, 0.25) is 0 Å². The Morgan fingerprint density at radius 2 is 2.05 bits per heavy atom. The molecule has 1 aromatic heterocycles. The molecule has 0 saturated heterocycles. The number of rotatable bonds is 10.